The number of halogens is 2. The van der Waals surface area contributed by atoms with E-state index >= 15 is 4.39 Å². The summed E-state index contributed by atoms with van der Waals surface area (Å²) >= 11 is 6.24. The van der Waals surface area contributed by atoms with Gasteiger partial charge in [-0.25, -0.2) is 13.3 Å². The summed E-state index contributed by atoms with van der Waals surface area (Å²) < 4.78 is 36.7. The number of para-hydroxylation sites is 1. The third kappa shape index (κ3) is 5.65. The molecule has 3 rings (SSSR count). The number of pyridine rings is 1. The fourth-order valence-corrected chi connectivity index (χ4v) is 3.80. The van der Waals surface area contributed by atoms with Gasteiger partial charge < -0.3 is 4.74 Å². The molecule has 0 aliphatic rings. The number of hydrogen-bond donors (Lipinski definition) is 1. The molecule has 1 N–H and O–H groups in total. The van der Waals surface area contributed by atoms with Crippen molar-refractivity contribution in [1.29, 1.82) is 0 Å². The van der Waals surface area contributed by atoms with Crippen LogP contribution in [0.25, 0.3) is 0 Å². The standard InChI is InChI=1S/C23H24ClFN2O2S/c1-23(2,3)30(28)27-20(15-16-11-13-26-14-12-16)18-9-10-19(24)22(21(18)25)29-17-7-5-4-6-8-17/h4-14,20,27H,15H2,1-3H3. The van der Waals surface area contributed by atoms with Crippen molar-refractivity contribution in [1.82, 2.24) is 9.71 Å². The second-order valence-electron chi connectivity index (χ2n) is 7.81. The highest BCUT2D eigenvalue weighted by molar-refractivity contribution is 7.84. The van der Waals surface area contributed by atoms with Crippen molar-refractivity contribution in [2.75, 3.05) is 0 Å². The Balaban J connectivity index is 1.99. The van der Waals surface area contributed by atoms with Crippen molar-refractivity contribution in [3.63, 3.8) is 0 Å². The minimum atomic E-state index is -1.41. The highest BCUT2D eigenvalue weighted by Gasteiger charge is 2.27. The lowest BCUT2D eigenvalue weighted by atomic mass is 9.99. The molecular formula is C23H24ClFN2O2S. The van der Waals surface area contributed by atoms with Gasteiger partial charge in [-0.1, -0.05) is 35.9 Å². The molecule has 0 fully saturated rings. The van der Waals surface area contributed by atoms with E-state index in [-0.39, 0.29) is 10.8 Å². The molecule has 0 amide bonds. The van der Waals surface area contributed by atoms with Crippen LogP contribution in [0.2, 0.25) is 5.02 Å². The van der Waals surface area contributed by atoms with E-state index in [9.17, 15) is 4.21 Å². The molecule has 0 saturated heterocycles. The quantitative estimate of drug-likeness (QED) is 0.484. The van der Waals surface area contributed by atoms with Gasteiger partial charge in [0.05, 0.1) is 26.8 Å². The predicted molar refractivity (Wildman–Crippen MR) is 120 cm³/mol. The highest BCUT2D eigenvalue weighted by atomic mass is 35.5. The van der Waals surface area contributed by atoms with Crippen molar-refractivity contribution in [3.05, 3.63) is 89.0 Å². The van der Waals surface area contributed by atoms with Gasteiger partial charge in [-0.15, -0.1) is 0 Å². The Morgan fingerprint density at radius 2 is 1.77 bits per heavy atom. The third-order valence-corrected chi connectivity index (χ3v) is 6.32. The van der Waals surface area contributed by atoms with Gasteiger partial charge in [0.25, 0.3) is 0 Å². The fourth-order valence-electron chi connectivity index (χ4n) is 2.79. The first-order valence-electron chi connectivity index (χ1n) is 9.53. The summed E-state index contributed by atoms with van der Waals surface area (Å²) in [6, 6.07) is 15.2. The van der Waals surface area contributed by atoms with E-state index in [2.05, 4.69) is 9.71 Å². The number of nitrogens with zero attached hydrogens (tertiary/aromatic N) is 1. The Morgan fingerprint density at radius 3 is 2.40 bits per heavy atom. The van der Waals surface area contributed by atoms with E-state index < -0.39 is 27.6 Å². The molecule has 158 valence electrons. The molecule has 2 atom stereocenters. The predicted octanol–water partition coefficient (Wildman–Crippen LogP) is 6.00. The molecule has 2 unspecified atom stereocenters. The van der Waals surface area contributed by atoms with Crippen LogP contribution in [0, 0.1) is 5.82 Å². The van der Waals surface area contributed by atoms with Gasteiger partial charge in [-0.2, -0.15) is 0 Å². The van der Waals surface area contributed by atoms with Crippen LogP contribution in [0.5, 0.6) is 11.5 Å². The van der Waals surface area contributed by atoms with Gasteiger partial charge in [0.2, 0.25) is 0 Å². The molecular weight excluding hydrogens is 423 g/mol. The molecule has 0 aliphatic heterocycles. The summed E-state index contributed by atoms with van der Waals surface area (Å²) in [4.78, 5) is 4.02. The zero-order valence-electron chi connectivity index (χ0n) is 17.1. The Labute approximate surface area is 184 Å². The Kier molecular flexibility index (Phi) is 7.23. The summed E-state index contributed by atoms with van der Waals surface area (Å²) in [5.74, 6) is -0.153. The average molecular weight is 447 g/mol. The zero-order valence-corrected chi connectivity index (χ0v) is 18.6. The molecule has 30 heavy (non-hydrogen) atoms. The van der Waals surface area contributed by atoms with Gasteiger partial charge in [0, 0.05) is 18.0 Å². The molecule has 7 heteroatoms. The summed E-state index contributed by atoms with van der Waals surface area (Å²) in [5, 5.41) is 0.166. The van der Waals surface area contributed by atoms with Crippen molar-refractivity contribution in [3.8, 4) is 11.5 Å². The Morgan fingerprint density at radius 1 is 1.10 bits per heavy atom. The Bertz CT molecular complexity index is 1010. The van der Waals surface area contributed by atoms with Crippen LogP contribution in [0.1, 0.15) is 37.9 Å². The SMILES string of the molecule is CC(C)(C)S(=O)NC(Cc1ccncc1)c1ccc(Cl)c(Oc2ccccc2)c1F. The number of nitrogens with one attached hydrogen (secondary N) is 1. The van der Waals surface area contributed by atoms with E-state index in [0.29, 0.717) is 17.7 Å². The van der Waals surface area contributed by atoms with Crippen LogP contribution in [-0.4, -0.2) is 13.9 Å². The van der Waals surface area contributed by atoms with Crippen LogP contribution in [-0.2, 0) is 17.4 Å². The lowest BCUT2D eigenvalue weighted by molar-refractivity contribution is 0.433. The molecule has 0 saturated carbocycles. The van der Waals surface area contributed by atoms with Gasteiger partial charge in [0.15, 0.2) is 11.6 Å². The van der Waals surface area contributed by atoms with Crippen molar-refractivity contribution in [2.24, 2.45) is 0 Å². The molecule has 1 aromatic heterocycles. The van der Waals surface area contributed by atoms with E-state index in [1.165, 1.54) is 0 Å². The van der Waals surface area contributed by atoms with Crippen LogP contribution >= 0.6 is 11.6 Å². The number of rotatable bonds is 7. The lowest BCUT2D eigenvalue weighted by Crippen LogP contribution is -2.36. The zero-order chi connectivity index (χ0) is 21.7. The van der Waals surface area contributed by atoms with Crippen molar-refractivity contribution in [2.45, 2.75) is 38.0 Å². The highest BCUT2D eigenvalue weighted by Crippen LogP contribution is 2.37. The molecule has 2 aromatic carbocycles. The van der Waals surface area contributed by atoms with Crippen LogP contribution in [0.4, 0.5) is 4.39 Å². The van der Waals surface area contributed by atoms with Crippen LogP contribution in [0.15, 0.2) is 67.0 Å². The first kappa shape index (κ1) is 22.4. The van der Waals surface area contributed by atoms with E-state index in [0.717, 1.165) is 5.56 Å². The van der Waals surface area contributed by atoms with Gasteiger partial charge >= 0.3 is 0 Å². The summed E-state index contributed by atoms with van der Waals surface area (Å²) in [6.45, 7) is 5.59. The minimum absolute atomic E-state index is 0.0524. The van der Waals surface area contributed by atoms with Gasteiger partial charge in [-0.3, -0.25) is 4.98 Å². The monoisotopic (exact) mass is 446 g/mol. The van der Waals surface area contributed by atoms with E-state index in [4.69, 9.17) is 16.3 Å². The largest absolute Gasteiger partial charge is 0.453 e. The van der Waals surface area contributed by atoms with Crippen LogP contribution < -0.4 is 9.46 Å². The molecule has 0 spiro atoms. The normalized spacial score (nSPS) is 13.6. The smallest absolute Gasteiger partial charge is 0.181 e. The lowest BCUT2D eigenvalue weighted by Gasteiger charge is -2.25. The molecule has 0 aliphatic carbocycles. The maximum Gasteiger partial charge on any atom is 0.181 e. The third-order valence-electron chi connectivity index (χ3n) is 4.41. The second-order valence-corrected chi connectivity index (χ2v) is 10.2. The minimum Gasteiger partial charge on any atom is -0.453 e. The maximum atomic E-state index is 15.6. The number of aromatic nitrogens is 1. The number of ether oxygens (including phenoxy) is 1. The Hall–Kier alpha value is -2.28. The fraction of sp³-hybridized carbons (Fsp3) is 0.261. The van der Waals surface area contributed by atoms with Crippen molar-refractivity contribution >= 4 is 22.6 Å². The second kappa shape index (κ2) is 9.69. The first-order valence-corrected chi connectivity index (χ1v) is 11.1. The van der Waals surface area contributed by atoms with Crippen LogP contribution in [0.3, 0.4) is 0 Å². The molecule has 3 aromatic rings. The summed E-state index contributed by atoms with van der Waals surface area (Å²) in [6.07, 6.45) is 3.78. The summed E-state index contributed by atoms with van der Waals surface area (Å²) in [7, 11) is -1.41. The van der Waals surface area contributed by atoms with E-state index in [1.54, 1.807) is 48.8 Å². The maximum absolute atomic E-state index is 15.6. The van der Waals surface area contributed by atoms with Crippen molar-refractivity contribution < 1.29 is 13.3 Å². The first-order chi connectivity index (χ1) is 14.3. The topological polar surface area (TPSA) is 51.2 Å². The van der Waals surface area contributed by atoms with Gasteiger partial charge in [0.1, 0.15) is 5.75 Å². The number of hydrogen-bond acceptors (Lipinski definition) is 3. The number of benzene rings is 2. The molecule has 4 nitrogen and oxygen atoms in total. The van der Waals surface area contributed by atoms with E-state index in [1.807, 2.05) is 39.0 Å². The molecule has 1 heterocycles. The molecule has 0 bridgehead atoms. The van der Waals surface area contributed by atoms with Gasteiger partial charge in [-0.05, 0) is 63.1 Å². The molecule has 0 radical (unpaired) electrons. The average Bonchev–Trinajstić information content (AvgIpc) is 2.71. The summed E-state index contributed by atoms with van der Waals surface area (Å²) in [5.41, 5.74) is 1.27.